The van der Waals surface area contributed by atoms with Crippen molar-refractivity contribution in [3.63, 3.8) is 0 Å². The van der Waals surface area contributed by atoms with E-state index in [9.17, 15) is 9.90 Å². The minimum absolute atomic E-state index is 0.0926. The monoisotopic (exact) mass is 296 g/mol. The first kappa shape index (κ1) is 15.0. The van der Waals surface area contributed by atoms with Gasteiger partial charge in [-0.05, 0) is 46.5 Å². The first-order valence-corrected chi connectivity index (χ1v) is 7.60. The van der Waals surface area contributed by atoms with Crippen molar-refractivity contribution in [2.75, 3.05) is 7.11 Å². The summed E-state index contributed by atoms with van der Waals surface area (Å²) in [5.41, 5.74) is 0.520. The van der Waals surface area contributed by atoms with Gasteiger partial charge >= 0.3 is 5.97 Å². The summed E-state index contributed by atoms with van der Waals surface area (Å²) in [6.45, 7) is 5.76. The van der Waals surface area contributed by atoms with E-state index in [0.717, 1.165) is 19.3 Å². The van der Waals surface area contributed by atoms with E-state index in [1.165, 1.54) is 0 Å². The Morgan fingerprint density at radius 1 is 1.33 bits per heavy atom. The van der Waals surface area contributed by atoms with Crippen LogP contribution in [0.1, 0.15) is 52.9 Å². The molecule has 0 aromatic carbocycles. The first-order valence-electron chi connectivity index (χ1n) is 7.60. The van der Waals surface area contributed by atoms with Crippen molar-refractivity contribution in [1.82, 2.24) is 0 Å². The maximum Gasteiger partial charge on any atom is 0.336 e. The lowest BCUT2D eigenvalue weighted by atomic mass is 9.81. The van der Waals surface area contributed by atoms with Crippen LogP contribution in [0.25, 0.3) is 0 Å². The molecule has 5 nitrogen and oxygen atoms in total. The molecular weight excluding hydrogens is 272 g/mol. The highest BCUT2D eigenvalue weighted by Gasteiger charge is 2.60. The Labute approximate surface area is 125 Å². The molecule has 1 saturated carbocycles. The Balaban J connectivity index is 1.94. The Bertz CT molecular complexity index is 513. The van der Waals surface area contributed by atoms with Crippen molar-refractivity contribution in [1.29, 1.82) is 0 Å². The molecule has 0 aromatic heterocycles. The number of esters is 1. The second kappa shape index (κ2) is 4.54. The van der Waals surface area contributed by atoms with Crippen LogP contribution in [0.2, 0.25) is 0 Å². The number of carbonyl (C=O) groups excluding carboxylic acids is 1. The number of hydrogen-bond acceptors (Lipinski definition) is 5. The molecule has 0 radical (unpaired) electrons. The van der Waals surface area contributed by atoms with E-state index < -0.39 is 17.4 Å². The topological polar surface area (TPSA) is 68.3 Å². The highest BCUT2D eigenvalue weighted by atomic mass is 16.7. The summed E-state index contributed by atoms with van der Waals surface area (Å²) in [6, 6.07) is 0. The zero-order valence-electron chi connectivity index (χ0n) is 13.2. The molecule has 0 amide bonds. The zero-order chi connectivity index (χ0) is 15.5. The van der Waals surface area contributed by atoms with Gasteiger partial charge in [-0.25, -0.2) is 4.79 Å². The molecule has 4 unspecified atom stereocenters. The molecule has 2 aliphatic heterocycles. The molecule has 1 N–H and O–H groups in total. The predicted molar refractivity (Wildman–Crippen MR) is 75.5 cm³/mol. The lowest BCUT2D eigenvalue weighted by molar-refractivity contribution is -0.188. The van der Waals surface area contributed by atoms with Crippen molar-refractivity contribution in [3.05, 3.63) is 11.1 Å². The normalized spacial score (nSPS) is 46.7. The molecule has 1 saturated heterocycles. The van der Waals surface area contributed by atoms with Gasteiger partial charge in [-0.1, -0.05) is 0 Å². The standard InChI is InChI=1S/C16H24O5/c1-10-11-5-7-14(2,19-4)8-6-12-15(3,20-12)9-16(11,18)21-13(10)17/h12,18H,5-9H2,1-4H3. The molecule has 118 valence electrons. The quantitative estimate of drug-likeness (QED) is 0.592. The fourth-order valence-electron chi connectivity index (χ4n) is 3.67. The van der Waals surface area contributed by atoms with Crippen LogP contribution in [-0.2, 0) is 19.0 Å². The second-order valence-electron chi connectivity index (χ2n) is 7.07. The third-order valence-electron chi connectivity index (χ3n) is 5.45. The maximum absolute atomic E-state index is 11.9. The molecule has 0 bridgehead atoms. The SMILES string of the molecule is COC1(C)CCC2=C(C)C(=O)OC2(O)CC2(C)OC2CC1. The highest BCUT2D eigenvalue weighted by molar-refractivity contribution is 5.92. The summed E-state index contributed by atoms with van der Waals surface area (Å²) in [7, 11) is 1.71. The largest absolute Gasteiger partial charge is 0.426 e. The molecule has 2 heterocycles. The number of hydrogen-bond donors (Lipinski definition) is 1. The fraction of sp³-hybridized carbons (Fsp3) is 0.812. The summed E-state index contributed by atoms with van der Waals surface area (Å²) in [6.07, 6.45) is 3.55. The van der Waals surface area contributed by atoms with Gasteiger partial charge in [0.1, 0.15) is 0 Å². The molecule has 0 spiro atoms. The van der Waals surface area contributed by atoms with Crippen LogP contribution in [-0.4, -0.2) is 41.3 Å². The lowest BCUT2D eigenvalue weighted by Gasteiger charge is -2.33. The van der Waals surface area contributed by atoms with Crippen molar-refractivity contribution in [2.45, 2.75) is 76.0 Å². The molecule has 3 rings (SSSR count). The van der Waals surface area contributed by atoms with Crippen LogP contribution in [0, 0.1) is 0 Å². The summed E-state index contributed by atoms with van der Waals surface area (Å²) in [4.78, 5) is 11.9. The van der Waals surface area contributed by atoms with Crippen LogP contribution >= 0.6 is 0 Å². The van der Waals surface area contributed by atoms with E-state index in [0.29, 0.717) is 24.0 Å². The molecule has 1 aliphatic carbocycles. The van der Waals surface area contributed by atoms with Crippen molar-refractivity contribution >= 4 is 5.97 Å². The van der Waals surface area contributed by atoms with Crippen LogP contribution < -0.4 is 0 Å². The Morgan fingerprint density at radius 2 is 2.05 bits per heavy atom. The Morgan fingerprint density at radius 3 is 2.71 bits per heavy atom. The van der Waals surface area contributed by atoms with E-state index in [1.807, 2.05) is 6.92 Å². The number of epoxide rings is 1. The molecule has 4 atom stereocenters. The number of rotatable bonds is 1. The van der Waals surface area contributed by atoms with Gasteiger partial charge in [0, 0.05) is 24.7 Å². The minimum Gasteiger partial charge on any atom is -0.426 e. The predicted octanol–water partition coefficient (Wildman–Crippen LogP) is 2.08. The number of carbonyl (C=O) groups is 1. The second-order valence-corrected chi connectivity index (χ2v) is 7.07. The number of ether oxygens (including phenoxy) is 3. The smallest absolute Gasteiger partial charge is 0.336 e. The lowest BCUT2D eigenvalue weighted by Crippen LogP contribution is -2.39. The van der Waals surface area contributed by atoms with Gasteiger partial charge in [0.2, 0.25) is 5.79 Å². The summed E-state index contributed by atoms with van der Waals surface area (Å²) < 4.78 is 16.7. The van der Waals surface area contributed by atoms with Crippen molar-refractivity contribution in [3.8, 4) is 0 Å². The highest BCUT2D eigenvalue weighted by Crippen LogP contribution is 2.51. The van der Waals surface area contributed by atoms with Crippen molar-refractivity contribution in [2.24, 2.45) is 0 Å². The molecular formula is C16H24O5. The summed E-state index contributed by atoms with van der Waals surface area (Å²) >= 11 is 0. The van der Waals surface area contributed by atoms with Gasteiger partial charge < -0.3 is 19.3 Å². The van der Waals surface area contributed by atoms with Crippen molar-refractivity contribution < 1.29 is 24.1 Å². The first-order chi connectivity index (χ1) is 9.71. The zero-order valence-corrected chi connectivity index (χ0v) is 13.2. The molecule has 3 aliphatic rings. The third kappa shape index (κ3) is 2.41. The van der Waals surface area contributed by atoms with E-state index in [1.54, 1.807) is 14.0 Å². The average Bonchev–Trinajstić information content (AvgIpc) is 2.98. The van der Waals surface area contributed by atoms with Crippen LogP contribution in [0.4, 0.5) is 0 Å². The van der Waals surface area contributed by atoms with Gasteiger partial charge in [-0.15, -0.1) is 0 Å². The van der Waals surface area contributed by atoms with E-state index in [4.69, 9.17) is 14.2 Å². The van der Waals surface area contributed by atoms with Gasteiger partial charge in [-0.2, -0.15) is 0 Å². The van der Waals surface area contributed by atoms with Crippen LogP contribution in [0.15, 0.2) is 11.1 Å². The fourth-order valence-corrected chi connectivity index (χ4v) is 3.67. The Kier molecular flexibility index (Phi) is 3.24. The minimum atomic E-state index is -1.52. The van der Waals surface area contributed by atoms with Gasteiger partial charge in [0.15, 0.2) is 0 Å². The molecule has 2 fully saturated rings. The van der Waals surface area contributed by atoms with Gasteiger partial charge in [0.25, 0.3) is 0 Å². The number of aliphatic hydroxyl groups is 1. The van der Waals surface area contributed by atoms with E-state index >= 15 is 0 Å². The molecule has 0 aromatic rings. The molecule has 21 heavy (non-hydrogen) atoms. The summed E-state index contributed by atoms with van der Waals surface area (Å²) in [5, 5.41) is 10.9. The Hall–Kier alpha value is -0.910. The number of fused-ring (bicyclic) bond motifs is 2. The number of methoxy groups -OCH3 is 1. The van der Waals surface area contributed by atoms with E-state index in [2.05, 4.69) is 6.92 Å². The van der Waals surface area contributed by atoms with Crippen LogP contribution in [0.3, 0.4) is 0 Å². The molecule has 5 heteroatoms. The average molecular weight is 296 g/mol. The van der Waals surface area contributed by atoms with Crippen LogP contribution in [0.5, 0.6) is 0 Å². The van der Waals surface area contributed by atoms with E-state index in [-0.39, 0.29) is 11.7 Å². The van der Waals surface area contributed by atoms with Gasteiger partial charge in [-0.3, -0.25) is 0 Å². The van der Waals surface area contributed by atoms with Gasteiger partial charge in [0.05, 0.1) is 17.3 Å². The summed E-state index contributed by atoms with van der Waals surface area (Å²) in [5.74, 6) is -1.94. The third-order valence-corrected chi connectivity index (χ3v) is 5.45. The maximum atomic E-state index is 11.9.